The number of rotatable bonds is 7. The van der Waals surface area contributed by atoms with Gasteiger partial charge in [0.2, 0.25) is 11.1 Å². The molecule has 0 fully saturated rings. The second-order valence-electron chi connectivity index (χ2n) is 5.99. The lowest BCUT2D eigenvalue weighted by molar-refractivity contribution is -0.113. The van der Waals surface area contributed by atoms with Gasteiger partial charge < -0.3 is 11.2 Å². The summed E-state index contributed by atoms with van der Waals surface area (Å²) in [5, 5.41) is 15.8. The maximum absolute atomic E-state index is 13.0. The largest absolute Gasteiger partial charge is 0.334 e. The number of nitrogen functional groups attached to an aromatic ring is 1. The number of thioether (sulfide) groups is 1. The van der Waals surface area contributed by atoms with Gasteiger partial charge in [0.25, 0.3) is 5.95 Å². The maximum atomic E-state index is 13.0. The van der Waals surface area contributed by atoms with E-state index in [9.17, 15) is 9.18 Å². The van der Waals surface area contributed by atoms with E-state index in [1.54, 1.807) is 37.3 Å². The molecular formula is C18H16Cl2FN7OS. The first-order valence-corrected chi connectivity index (χ1v) is 10.2. The minimum Gasteiger partial charge on any atom is -0.334 e. The minimum atomic E-state index is -0.328. The van der Waals surface area contributed by atoms with Gasteiger partial charge in [-0.2, -0.15) is 5.10 Å². The highest BCUT2D eigenvalue weighted by atomic mass is 35.5. The fraction of sp³-hybridized carbons (Fsp3) is 0.111. The molecule has 0 aliphatic rings. The Morgan fingerprint density at radius 1 is 1.20 bits per heavy atom. The summed E-state index contributed by atoms with van der Waals surface area (Å²) in [6.07, 6.45) is 0. The first-order valence-electron chi connectivity index (χ1n) is 8.47. The van der Waals surface area contributed by atoms with Gasteiger partial charge in [-0.15, -0.1) is 10.2 Å². The Hall–Kier alpha value is -2.82. The number of anilines is 2. The van der Waals surface area contributed by atoms with Crippen LogP contribution in [0.25, 0.3) is 0 Å². The van der Waals surface area contributed by atoms with Crippen molar-refractivity contribution in [1.29, 1.82) is 0 Å². The van der Waals surface area contributed by atoms with Crippen molar-refractivity contribution in [3.8, 4) is 0 Å². The summed E-state index contributed by atoms with van der Waals surface area (Å²) in [5.41, 5.74) is 4.53. The molecule has 1 amide bonds. The van der Waals surface area contributed by atoms with Crippen LogP contribution in [0.5, 0.6) is 0 Å². The van der Waals surface area contributed by atoms with Gasteiger partial charge in [0.15, 0.2) is 0 Å². The quantitative estimate of drug-likeness (QED) is 0.209. The number of nitrogens with two attached hydrogens (primary N) is 1. The Morgan fingerprint density at radius 3 is 2.53 bits per heavy atom. The molecule has 0 atom stereocenters. The van der Waals surface area contributed by atoms with Crippen molar-refractivity contribution in [2.75, 3.05) is 22.3 Å². The molecule has 0 spiro atoms. The summed E-state index contributed by atoms with van der Waals surface area (Å²) in [6, 6.07) is 10.6. The lowest BCUT2D eigenvalue weighted by Gasteiger charge is -2.06. The van der Waals surface area contributed by atoms with Crippen LogP contribution in [0.2, 0.25) is 10.0 Å². The number of amides is 1. The van der Waals surface area contributed by atoms with E-state index in [1.165, 1.54) is 16.8 Å². The van der Waals surface area contributed by atoms with Gasteiger partial charge in [-0.1, -0.05) is 47.1 Å². The highest BCUT2D eigenvalue weighted by Crippen LogP contribution is 2.23. The van der Waals surface area contributed by atoms with Gasteiger partial charge in [-0.3, -0.25) is 4.79 Å². The molecular weight excluding hydrogens is 452 g/mol. The molecule has 4 N–H and O–H groups in total. The zero-order valence-corrected chi connectivity index (χ0v) is 17.9. The molecule has 0 saturated heterocycles. The predicted octanol–water partition coefficient (Wildman–Crippen LogP) is 4.00. The number of carbonyl (C=O) groups excluding carboxylic acids is 1. The van der Waals surface area contributed by atoms with Crippen LogP contribution in [-0.2, 0) is 4.79 Å². The van der Waals surface area contributed by atoms with Gasteiger partial charge in [0, 0.05) is 15.7 Å². The number of hydrogen-bond donors (Lipinski definition) is 3. The number of hydrogen-bond acceptors (Lipinski definition) is 7. The van der Waals surface area contributed by atoms with E-state index in [0.29, 0.717) is 26.6 Å². The number of aromatic nitrogens is 3. The summed E-state index contributed by atoms with van der Waals surface area (Å²) in [5.74, 6) is 5.55. The van der Waals surface area contributed by atoms with Crippen LogP contribution in [0.3, 0.4) is 0 Å². The normalized spacial score (nSPS) is 11.4. The van der Waals surface area contributed by atoms with Crippen molar-refractivity contribution in [2.24, 2.45) is 5.10 Å². The predicted molar refractivity (Wildman–Crippen MR) is 118 cm³/mol. The number of halogens is 3. The molecule has 30 heavy (non-hydrogen) atoms. The van der Waals surface area contributed by atoms with Crippen molar-refractivity contribution in [1.82, 2.24) is 14.9 Å². The van der Waals surface area contributed by atoms with Crippen molar-refractivity contribution in [3.63, 3.8) is 0 Å². The molecule has 0 aliphatic carbocycles. The molecule has 0 saturated carbocycles. The van der Waals surface area contributed by atoms with E-state index in [-0.39, 0.29) is 23.4 Å². The maximum Gasteiger partial charge on any atom is 0.264 e. The SMILES string of the molecule is C/C(=N\Nc1nnc(SCC(=O)Nc2cc(Cl)cc(Cl)c2)n1N)c1ccc(F)cc1. The van der Waals surface area contributed by atoms with Crippen LogP contribution in [-0.4, -0.2) is 32.2 Å². The molecule has 12 heteroatoms. The van der Waals surface area contributed by atoms with Gasteiger partial charge in [-0.05, 0) is 42.8 Å². The average Bonchev–Trinajstić information content (AvgIpc) is 3.04. The highest BCUT2D eigenvalue weighted by Gasteiger charge is 2.13. The summed E-state index contributed by atoms with van der Waals surface area (Å²) >= 11 is 12.9. The molecule has 3 rings (SSSR count). The fourth-order valence-corrected chi connectivity index (χ4v) is 3.48. The Kier molecular flexibility index (Phi) is 7.14. The summed E-state index contributed by atoms with van der Waals surface area (Å²) in [6.45, 7) is 1.75. The molecule has 0 unspecified atom stereocenters. The Balaban J connectivity index is 1.57. The summed E-state index contributed by atoms with van der Waals surface area (Å²) < 4.78 is 14.2. The Labute approximate surface area is 185 Å². The molecule has 0 bridgehead atoms. The smallest absolute Gasteiger partial charge is 0.264 e. The number of benzene rings is 2. The lowest BCUT2D eigenvalue weighted by atomic mass is 10.1. The van der Waals surface area contributed by atoms with Crippen molar-refractivity contribution in [3.05, 3.63) is 63.9 Å². The lowest BCUT2D eigenvalue weighted by Crippen LogP contribution is -2.17. The Morgan fingerprint density at radius 2 is 1.87 bits per heavy atom. The summed E-state index contributed by atoms with van der Waals surface area (Å²) in [7, 11) is 0. The van der Waals surface area contributed by atoms with E-state index < -0.39 is 0 Å². The first-order chi connectivity index (χ1) is 14.3. The second kappa shape index (κ2) is 9.79. The van der Waals surface area contributed by atoms with Gasteiger partial charge in [0.05, 0.1) is 11.5 Å². The van der Waals surface area contributed by atoms with Crippen LogP contribution >= 0.6 is 35.0 Å². The molecule has 3 aromatic rings. The van der Waals surface area contributed by atoms with E-state index in [1.807, 2.05) is 0 Å². The van der Waals surface area contributed by atoms with E-state index in [0.717, 1.165) is 17.3 Å². The number of nitrogens with one attached hydrogen (secondary N) is 2. The van der Waals surface area contributed by atoms with Gasteiger partial charge >= 0.3 is 0 Å². The summed E-state index contributed by atoms with van der Waals surface area (Å²) in [4.78, 5) is 12.1. The monoisotopic (exact) mass is 467 g/mol. The van der Waals surface area contributed by atoms with Crippen molar-refractivity contribution < 1.29 is 9.18 Å². The zero-order chi connectivity index (χ0) is 21.7. The molecule has 2 aromatic carbocycles. The van der Waals surface area contributed by atoms with Crippen molar-refractivity contribution >= 4 is 58.2 Å². The van der Waals surface area contributed by atoms with Crippen LogP contribution in [0.15, 0.2) is 52.7 Å². The third-order valence-corrected chi connectivity index (χ3v) is 5.11. The second-order valence-corrected chi connectivity index (χ2v) is 7.80. The highest BCUT2D eigenvalue weighted by molar-refractivity contribution is 7.99. The topological polar surface area (TPSA) is 110 Å². The molecule has 1 heterocycles. The van der Waals surface area contributed by atoms with Crippen LogP contribution in [0.4, 0.5) is 16.0 Å². The molecule has 0 radical (unpaired) electrons. The molecule has 1 aromatic heterocycles. The number of hydrazone groups is 1. The van der Waals surface area contributed by atoms with E-state index >= 15 is 0 Å². The molecule has 8 nitrogen and oxygen atoms in total. The first kappa shape index (κ1) is 21.9. The molecule has 0 aliphatic heterocycles. The van der Waals surface area contributed by atoms with E-state index in [2.05, 4.69) is 26.0 Å². The molecule has 156 valence electrons. The third kappa shape index (κ3) is 5.85. The zero-order valence-electron chi connectivity index (χ0n) is 15.6. The van der Waals surface area contributed by atoms with Crippen LogP contribution in [0, 0.1) is 5.82 Å². The number of nitrogens with zero attached hydrogens (tertiary/aromatic N) is 4. The van der Waals surface area contributed by atoms with Gasteiger partial charge in [-0.25, -0.2) is 14.5 Å². The van der Waals surface area contributed by atoms with Gasteiger partial charge in [0.1, 0.15) is 5.82 Å². The Bertz CT molecular complexity index is 1070. The van der Waals surface area contributed by atoms with E-state index in [4.69, 9.17) is 29.0 Å². The average molecular weight is 468 g/mol. The number of carbonyl (C=O) groups is 1. The third-order valence-electron chi connectivity index (χ3n) is 3.73. The van der Waals surface area contributed by atoms with Crippen LogP contribution in [0.1, 0.15) is 12.5 Å². The van der Waals surface area contributed by atoms with Crippen molar-refractivity contribution in [2.45, 2.75) is 12.1 Å². The minimum absolute atomic E-state index is 0.0390. The fourth-order valence-electron chi connectivity index (χ4n) is 2.29. The standard InChI is InChI=1S/C18H16Cl2FN7OS/c1-10(11-2-4-14(21)5-3-11)24-25-17-26-27-18(28(17)22)30-9-16(29)23-15-7-12(19)6-13(20)8-15/h2-8H,9,22H2,1H3,(H,23,29)(H,25,26)/b24-10+. The van der Waals surface area contributed by atoms with Crippen LogP contribution < -0.4 is 16.6 Å².